The number of nitrogen functional groups attached to an aromatic ring is 1. The Kier molecular flexibility index (Phi) is 4.29. The Bertz CT molecular complexity index is 650. The molecule has 0 aliphatic carbocycles. The lowest BCUT2D eigenvalue weighted by molar-refractivity contribution is 0.418. The lowest BCUT2D eigenvalue weighted by Gasteiger charge is -2.15. The van der Waals surface area contributed by atoms with E-state index in [2.05, 4.69) is 29.2 Å². The van der Waals surface area contributed by atoms with E-state index < -0.39 is 0 Å². The summed E-state index contributed by atoms with van der Waals surface area (Å²) in [5.74, 6) is 0. The summed E-state index contributed by atoms with van der Waals surface area (Å²) in [5.41, 5.74) is 7.72. The predicted molar refractivity (Wildman–Crippen MR) is 86.8 cm³/mol. The molecule has 0 atom stereocenters. The third-order valence-electron chi connectivity index (χ3n) is 3.60. The summed E-state index contributed by atoms with van der Waals surface area (Å²) in [4.78, 5) is 1.22. The van der Waals surface area contributed by atoms with E-state index in [0.717, 1.165) is 25.1 Å². The highest BCUT2D eigenvalue weighted by Crippen LogP contribution is 2.30. The molecule has 1 aromatic carbocycles. The van der Waals surface area contributed by atoms with Crippen molar-refractivity contribution in [3.63, 3.8) is 0 Å². The fraction of sp³-hybridized carbons (Fsp3) is 0.438. The fourth-order valence-electron chi connectivity index (χ4n) is 2.39. The number of hydrogen-bond acceptors (Lipinski definition) is 3. The maximum Gasteiger partial charge on any atom is 0.0683 e. The molecule has 0 unspecified atom stereocenters. The van der Waals surface area contributed by atoms with Gasteiger partial charge in [-0.15, -0.1) is 11.8 Å². The minimum absolute atomic E-state index is 0.244. The number of nitriles is 1. The number of aryl methyl sites for hydroxylation is 1. The van der Waals surface area contributed by atoms with Crippen LogP contribution >= 0.6 is 11.8 Å². The molecule has 1 heterocycles. The highest BCUT2D eigenvalue weighted by atomic mass is 32.2. The molecule has 106 valence electrons. The van der Waals surface area contributed by atoms with Gasteiger partial charge in [-0.3, -0.25) is 0 Å². The monoisotopic (exact) mass is 287 g/mol. The molecule has 2 N–H and O–H groups in total. The van der Waals surface area contributed by atoms with Crippen molar-refractivity contribution in [2.24, 2.45) is 5.41 Å². The Morgan fingerprint density at radius 2 is 2.15 bits per heavy atom. The summed E-state index contributed by atoms with van der Waals surface area (Å²) >= 11 is 1.72. The SMILES string of the molecule is CSc1cc(N)cc2c1ccn2CCCC(C)(C)C#N. The van der Waals surface area contributed by atoms with E-state index in [0.29, 0.717) is 0 Å². The van der Waals surface area contributed by atoms with Gasteiger partial charge in [0, 0.05) is 28.7 Å². The van der Waals surface area contributed by atoms with Gasteiger partial charge in [0.2, 0.25) is 0 Å². The van der Waals surface area contributed by atoms with Crippen LogP contribution in [0.15, 0.2) is 29.3 Å². The van der Waals surface area contributed by atoms with E-state index >= 15 is 0 Å². The molecule has 0 radical (unpaired) electrons. The van der Waals surface area contributed by atoms with Crippen molar-refractivity contribution in [2.45, 2.75) is 38.1 Å². The van der Waals surface area contributed by atoms with Crippen molar-refractivity contribution in [2.75, 3.05) is 12.0 Å². The first kappa shape index (κ1) is 14.8. The number of nitrogens with two attached hydrogens (primary N) is 1. The molecule has 0 amide bonds. The molecule has 0 spiro atoms. The normalized spacial score (nSPS) is 11.7. The maximum absolute atomic E-state index is 9.05. The number of aromatic nitrogens is 1. The molecule has 2 aromatic rings. The molecule has 0 aliphatic rings. The Balaban J connectivity index is 2.20. The second-order valence-corrected chi connectivity index (χ2v) is 6.61. The minimum atomic E-state index is -0.244. The van der Waals surface area contributed by atoms with Gasteiger partial charge in [0.15, 0.2) is 0 Å². The highest BCUT2D eigenvalue weighted by Gasteiger charge is 2.16. The highest BCUT2D eigenvalue weighted by molar-refractivity contribution is 7.98. The number of benzene rings is 1. The number of anilines is 1. The zero-order chi connectivity index (χ0) is 14.8. The lowest BCUT2D eigenvalue weighted by atomic mass is 9.90. The van der Waals surface area contributed by atoms with Gasteiger partial charge in [-0.05, 0) is 51.1 Å². The second kappa shape index (κ2) is 5.80. The van der Waals surface area contributed by atoms with E-state index in [1.807, 2.05) is 26.0 Å². The Morgan fingerprint density at radius 3 is 2.80 bits per heavy atom. The zero-order valence-electron chi connectivity index (χ0n) is 12.3. The van der Waals surface area contributed by atoms with Crippen LogP contribution in [-0.4, -0.2) is 10.8 Å². The van der Waals surface area contributed by atoms with E-state index in [1.54, 1.807) is 11.8 Å². The van der Waals surface area contributed by atoms with Crippen molar-refractivity contribution in [3.05, 3.63) is 24.4 Å². The average Bonchev–Trinajstić information content (AvgIpc) is 2.81. The van der Waals surface area contributed by atoms with E-state index in [9.17, 15) is 0 Å². The third kappa shape index (κ3) is 3.10. The van der Waals surface area contributed by atoms with Gasteiger partial charge >= 0.3 is 0 Å². The molecule has 0 bridgehead atoms. The first-order chi connectivity index (χ1) is 9.46. The van der Waals surface area contributed by atoms with Crippen molar-refractivity contribution < 1.29 is 0 Å². The fourth-order valence-corrected chi connectivity index (χ4v) is 3.04. The number of rotatable bonds is 5. The Hall–Kier alpha value is -1.60. The molecule has 0 saturated heterocycles. The van der Waals surface area contributed by atoms with Crippen LogP contribution in [0.3, 0.4) is 0 Å². The molecular formula is C16H21N3S. The van der Waals surface area contributed by atoms with E-state index in [-0.39, 0.29) is 5.41 Å². The molecule has 0 fully saturated rings. The first-order valence-electron chi connectivity index (χ1n) is 6.80. The standard InChI is InChI=1S/C16H21N3S/c1-16(2,11-17)6-4-7-19-8-5-13-14(19)9-12(18)10-15(13)20-3/h5,8-10H,4,6-7,18H2,1-3H3. The van der Waals surface area contributed by atoms with Crippen LogP contribution in [0, 0.1) is 16.7 Å². The van der Waals surface area contributed by atoms with Gasteiger partial charge in [-0.2, -0.15) is 5.26 Å². The van der Waals surface area contributed by atoms with Crippen LogP contribution in [-0.2, 0) is 6.54 Å². The zero-order valence-corrected chi connectivity index (χ0v) is 13.1. The minimum Gasteiger partial charge on any atom is -0.399 e. The lowest BCUT2D eigenvalue weighted by Crippen LogP contribution is -2.09. The van der Waals surface area contributed by atoms with Crippen molar-refractivity contribution >= 4 is 28.4 Å². The van der Waals surface area contributed by atoms with E-state index in [4.69, 9.17) is 11.0 Å². The van der Waals surface area contributed by atoms with Crippen LogP contribution in [0.25, 0.3) is 10.9 Å². The molecule has 0 saturated carbocycles. The molecule has 2 rings (SSSR count). The number of thioether (sulfide) groups is 1. The van der Waals surface area contributed by atoms with Gasteiger partial charge in [-0.25, -0.2) is 0 Å². The predicted octanol–water partition coefficient (Wildman–Crippen LogP) is 4.28. The van der Waals surface area contributed by atoms with Gasteiger partial charge in [0.1, 0.15) is 0 Å². The topological polar surface area (TPSA) is 54.7 Å². The van der Waals surface area contributed by atoms with Gasteiger partial charge in [0.05, 0.1) is 17.0 Å². The number of hydrogen-bond donors (Lipinski definition) is 1. The Morgan fingerprint density at radius 1 is 1.40 bits per heavy atom. The van der Waals surface area contributed by atoms with Gasteiger partial charge in [-0.1, -0.05) is 0 Å². The summed E-state index contributed by atoms with van der Waals surface area (Å²) in [6, 6.07) is 8.56. The average molecular weight is 287 g/mol. The smallest absolute Gasteiger partial charge is 0.0683 e. The van der Waals surface area contributed by atoms with Crippen LogP contribution in [0.2, 0.25) is 0 Å². The molecular weight excluding hydrogens is 266 g/mol. The summed E-state index contributed by atoms with van der Waals surface area (Å²) in [6.45, 7) is 4.90. The van der Waals surface area contributed by atoms with Crippen LogP contribution in [0.5, 0.6) is 0 Å². The van der Waals surface area contributed by atoms with Crippen molar-refractivity contribution in [1.29, 1.82) is 5.26 Å². The Labute approximate surface area is 124 Å². The molecule has 1 aromatic heterocycles. The third-order valence-corrected chi connectivity index (χ3v) is 4.37. The largest absolute Gasteiger partial charge is 0.399 e. The number of fused-ring (bicyclic) bond motifs is 1. The molecule has 0 aliphatic heterocycles. The van der Waals surface area contributed by atoms with Crippen LogP contribution in [0.4, 0.5) is 5.69 Å². The second-order valence-electron chi connectivity index (χ2n) is 5.76. The maximum atomic E-state index is 9.05. The summed E-state index contributed by atoms with van der Waals surface area (Å²) < 4.78 is 2.23. The molecule has 20 heavy (non-hydrogen) atoms. The molecule has 3 nitrogen and oxygen atoms in total. The van der Waals surface area contributed by atoms with Gasteiger partial charge in [0.25, 0.3) is 0 Å². The molecule has 4 heteroatoms. The number of nitrogens with zero attached hydrogens (tertiary/aromatic N) is 2. The van der Waals surface area contributed by atoms with Crippen LogP contribution < -0.4 is 5.73 Å². The van der Waals surface area contributed by atoms with E-state index in [1.165, 1.54) is 15.8 Å². The van der Waals surface area contributed by atoms with Gasteiger partial charge < -0.3 is 10.3 Å². The van der Waals surface area contributed by atoms with Crippen molar-refractivity contribution in [3.8, 4) is 6.07 Å². The quantitative estimate of drug-likeness (QED) is 0.660. The van der Waals surface area contributed by atoms with Crippen molar-refractivity contribution in [1.82, 2.24) is 4.57 Å². The summed E-state index contributed by atoms with van der Waals surface area (Å²) in [5, 5.41) is 10.3. The first-order valence-corrected chi connectivity index (χ1v) is 8.03. The summed E-state index contributed by atoms with van der Waals surface area (Å²) in [7, 11) is 0. The van der Waals surface area contributed by atoms with Crippen LogP contribution in [0.1, 0.15) is 26.7 Å². The summed E-state index contributed by atoms with van der Waals surface area (Å²) in [6.07, 6.45) is 6.08.